The summed E-state index contributed by atoms with van der Waals surface area (Å²) in [7, 11) is 2.15. The molecule has 4 aromatic rings. The molecular weight excluding hydrogens is 630 g/mol. The first-order valence-corrected chi connectivity index (χ1v) is 18.5. The van der Waals surface area contributed by atoms with Crippen molar-refractivity contribution in [3.63, 3.8) is 0 Å². The molecule has 50 heavy (non-hydrogen) atoms. The lowest BCUT2D eigenvalue weighted by Gasteiger charge is -2.34. The Morgan fingerprint density at radius 2 is 1.50 bits per heavy atom. The molecule has 2 bridgehead atoms. The Morgan fingerprint density at radius 3 is 2.16 bits per heavy atom. The molecule has 1 saturated carbocycles. The molecule has 264 valence electrons. The quantitative estimate of drug-likeness (QED) is 0.215. The van der Waals surface area contributed by atoms with Gasteiger partial charge >= 0.3 is 6.03 Å². The van der Waals surface area contributed by atoms with Gasteiger partial charge in [0.2, 0.25) is 0 Å². The summed E-state index contributed by atoms with van der Waals surface area (Å²) in [5.74, 6) is 1.58. The number of piperazine rings is 1. The van der Waals surface area contributed by atoms with Crippen molar-refractivity contribution in [2.45, 2.75) is 76.2 Å². The molecule has 8 rings (SSSR count). The Morgan fingerprint density at radius 1 is 0.840 bits per heavy atom. The van der Waals surface area contributed by atoms with Crippen molar-refractivity contribution in [2.24, 2.45) is 0 Å². The van der Waals surface area contributed by atoms with Crippen LogP contribution in [0.1, 0.15) is 57.9 Å². The van der Waals surface area contributed by atoms with Gasteiger partial charge in [-0.05, 0) is 101 Å². The average molecular weight is 680 g/mol. The van der Waals surface area contributed by atoms with Crippen LogP contribution in [0.3, 0.4) is 0 Å². The number of carbonyl (C=O) groups is 1. The molecule has 2 amide bonds. The van der Waals surface area contributed by atoms with Crippen LogP contribution >= 0.6 is 0 Å². The first-order chi connectivity index (χ1) is 24.5. The largest absolute Gasteiger partial charge is 0.378 e. The Kier molecular flexibility index (Phi) is 9.57. The van der Waals surface area contributed by atoms with Crippen LogP contribution in [0.2, 0.25) is 0 Å². The molecule has 2 atom stereocenters. The van der Waals surface area contributed by atoms with E-state index in [0.717, 1.165) is 119 Å². The SMILES string of the molecule is CCCOC1CCC(n2ncc3c(N4CC5CCC(C4)O5)nc(-c4ccc(NC(=O)Nc5ccc(N6CCN(C)CC6)cc5)cc4)nc32)CC1. The molecule has 3 saturated heterocycles. The van der Waals surface area contributed by atoms with Crippen molar-refractivity contribution in [3.8, 4) is 11.4 Å². The van der Waals surface area contributed by atoms with Crippen LogP contribution in [0.15, 0.2) is 54.7 Å². The van der Waals surface area contributed by atoms with Gasteiger partial charge in [-0.15, -0.1) is 0 Å². The van der Waals surface area contributed by atoms with Gasteiger partial charge in [-0.3, -0.25) is 0 Å². The number of nitrogens with zero attached hydrogens (tertiary/aromatic N) is 7. The van der Waals surface area contributed by atoms with Gasteiger partial charge in [-0.25, -0.2) is 19.4 Å². The van der Waals surface area contributed by atoms with Gasteiger partial charge < -0.3 is 34.8 Å². The zero-order chi connectivity index (χ0) is 34.0. The molecule has 2 unspecified atom stereocenters. The molecule has 3 aliphatic heterocycles. The van der Waals surface area contributed by atoms with Gasteiger partial charge in [0.05, 0.1) is 35.9 Å². The molecule has 4 aliphatic rings. The molecule has 4 fully saturated rings. The lowest BCUT2D eigenvalue weighted by atomic mass is 9.93. The van der Waals surface area contributed by atoms with E-state index in [2.05, 4.69) is 56.1 Å². The van der Waals surface area contributed by atoms with Crippen LogP contribution in [-0.2, 0) is 9.47 Å². The van der Waals surface area contributed by atoms with E-state index >= 15 is 0 Å². The molecule has 2 aromatic carbocycles. The Bertz CT molecular complexity index is 1750. The number of aromatic nitrogens is 4. The van der Waals surface area contributed by atoms with Crippen molar-refractivity contribution in [1.29, 1.82) is 0 Å². The van der Waals surface area contributed by atoms with Crippen molar-refractivity contribution in [3.05, 3.63) is 54.7 Å². The van der Waals surface area contributed by atoms with E-state index in [0.29, 0.717) is 17.6 Å². The zero-order valence-electron chi connectivity index (χ0n) is 29.3. The standard InChI is InChI=1S/C38H49N9O3/c1-3-22-49-31-14-12-30(13-15-31)47-37-34(23-39-47)36(46-24-32-16-17-33(25-46)50-32)42-35(43-37)26-4-6-27(7-5-26)40-38(48)41-28-8-10-29(11-9-28)45-20-18-44(2)19-21-45/h4-11,23,30-33H,3,12-22,24-25H2,1-2H3,(H2,40,41,48). The number of likely N-dealkylation sites (N-methyl/N-ethyl adjacent to an activating group) is 1. The van der Waals surface area contributed by atoms with Crippen LogP contribution in [0.5, 0.6) is 0 Å². The minimum absolute atomic E-state index is 0.238. The van der Waals surface area contributed by atoms with Gasteiger partial charge in [0, 0.05) is 68.5 Å². The highest BCUT2D eigenvalue weighted by atomic mass is 16.5. The van der Waals surface area contributed by atoms with Crippen molar-refractivity contribution < 1.29 is 14.3 Å². The lowest BCUT2D eigenvalue weighted by Crippen LogP contribution is -2.44. The fourth-order valence-corrected chi connectivity index (χ4v) is 7.89. The summed E-state index contributed by atoms with van der Waals surface area (Å²) in [6, 6.07) is 15.8. The number of morpholine rings is 1. The molecule has 0 spiro atoms. The van der Waals surface area contributed by atoms with Crippen LogP contribution in [-0.4, -0.2) is 102 Å². The van der Waals surface area contributed by atoms with Gasteiger partial charge in [-0.1, -0.05) is 6.92 Å². The fourth-order valence-electron chi connectivity index (χ4n) is 7.89. The number of anilines is 4. The molecule has 2 N–H and O–H groups in total. The number of amides is 2. The second-order valence-electron chi connectivity index (χ2n) is 14.4. The number of rotatable bonds is 9. The highest BCUT2D eigenvalue weighted by Crippen LogP contribution is 2.37. The monoisotopic (exact) mass is 679 g/mol. The van der Waals surface area contributed by atoms with Gasteiger partial charge in [0.1, 0.15) is 5.82 Å². The number of hydrogen-bond donors (Lipinski definition) is 2. The number of fused-ring (bicyclic) bond motifs is 3. The minimum atomic E-state index is -0.286. The Hall–Kier alpha value is -4.26. The van der Waals surface area contributed by atoms with Crippen molar-refractivity contribution in [1.82, 2.24) is 24.6 Å². The zero-order valence-corrected chi connectivity index (χ0v) is 29.3. The van der Waals surface area contributed by atoms with E-state index in [9.17, 15) is 4.79 Å². The predicted octanol–water partition coefficient (Wildman–Crippen LogP) is 6.17. The topological polar surface area (TPSA) is 113 Å². The highest BCUT2D eigenvalue weighted by Gasteiger charge is 2.36. The molecule has 1 aliphatic carbocycles. The predicted molar refractivity (Wildman–Crippen MR) is 197 cm³/mol. The number of hydrogen-bond acceptors (Lipinski definition) is 9. The molecular formula is C38H49N9O3. The Labute approximate surface area is 294 Å². The van der Waals surface area contributed by atoms with E-state index in [1.54, 1.807) is 0 Å². The highest BCUT2D eigenvalue weighted by molar-refractivity contribution is 6.00. The molecule has 5 heterocycles. The maximum Gasteiger partial charge on any atom is 0.323 e. The number of carbonyl (C=O) groups excluding carboxylic acids is 1. The second-order valence-corrected chi connectivity index (χ2v) is 14.4. The first-order valence-electron chi connectivity index (χ1n) is 18.5. The number of nitrogens with one attached hydrogen (secondary N) is 2. The third kappa shape index (κ3) is 7.15. The molecule has 12 nitrogen and oxygen atoms in total. The molecule has 2 aromatic heterocycles. The molecule has 0 radical (unpaired) electrons. The summed E-state index contributed by atoms with van der Waals surface area (Å²) in [6.07, 6.45) is 10.1. The van der Waals surface area contributed by atoms with E-state index in [-0.39, 0.29) is 24.3 Å². The van der Waals surface area contributed by atoms with Crippen LogP contribution in [0, 0.1) is 0 Å². The third-order valence-corrected chi connectivity index (χ3v) is 10.7. The molecule has 12 heteroatoms. The Balaban J connectivity index is 0.987. The van der Waals surface area contributed by atoms with E-state index in [1.165, 1.54) is 5.69 Å². The summed E-state index contributed by atoms with van der Waals surface area (Å²) in [5, 5.41) is 11.8. The van der Waals surface area contributed by atoms with Gasteiger partial charge in [0.15, 0.2) is 11.5 Å². The van der Waals surface area contributed by atoms with Crippen LogP contribution < -0.4 is 20.4 Å². The van der Waals surface area contributed by atoms with Crippen molar-refractivity contribution in [2.75, 3.05) is 73.4 Å². The maximum atomic E-state index is 12.9. The summed E-state index contributed by atoms with van der Waals surface area (Å²) in [5.41, 5.74) is 4.39. The number of urea groups is 1. The minimum Gasteiger partial charge on any atom is -0.378 e. The lowest BCUT2D eigenvalue weighted by molar-refractivity contribution is 0.0191. The fraction of sp³-hybridized carbons (Fsp3) is 0.526. The van der Waals surface area contributed by atoms with E-state index in [4.69, 9.17) is 24.5 Å². The maximum absolute atomic E-state index is 12.9. The normalized spacial score (nSPS) is 24.1. The van der Waals surface area contributed by atoms with Gasteiger partial charge in [-0.2, -0.15) is 5.10 Å². The second kappa shape index (κ2) is 14.5. The third-order valence-electron chi connectivity index (χ3n) is 10.7. The first kappa shape index (κ1) is 32.9. The van der Waals surface area contributed by atoms with Gasteiger partial charge in [0.25, 0.3) is 0 Å². The summed E-state index contributed by atoms with van der Waals surface area (Å²) < 4.78 is 14.4. The average Bonchev–Trinajstić information content (AvgIpc) is 3.73. The van der Waals surface area contributed by atoms with Crippen molar-refractivity contribution >= 4 is 39.9 Å². The summed E-state index contributed by atoms with van der Waals surface area (Å²) in [4.78, 5) is 30.3. The smallest absolute Gasteiger partial charge is 0.323 e. The van der Waals surface area contributed by atoms with E-state index in [1.807, 2.05) is 42.6 Å². The van der Waals surface area contributed by atoms with Crippen LogP contribution in [0.25, 0.3) is 22.4 Å². The van der Waals surface area contributed by atoms with Crippen LogP contribution in [0.4, 0.5) is 27.7 Å². The van der Waals surface area contributed by atoms with E-state index < -0.39 is 0 Å². The number of ether oxygens (including phenoxy) is 2. The summed E-state index contributed by atoms with van der Waals surface area (Å²) >= 11 is 0. The summed E-state index contributed by atoms with van der Waals surface area (Å²) in [6.45, 7) is 8.75. The number of benzene rings is 2.